The summed E-state index contributed by atoms with van der Waals surface area (Å²) >= 11 is 1.72. The molecule has 0 spiro atoms. The fourth-order valence-electron chi connectivity index (χ4n) is 3.93. The van der Waals surface area contributed by atoms with E-state index >= 15 is 0 Å². The quantitative estimate of drug-likeness (QED) is 0.597. The molecule has 1 N–H and O–H groups in total. The number of nitrogens with zero attached hydrogens (tertiary/aromatic N) is 1. The van der Waals surface area contributed by atoms with Crippen molar-refractivity contribution in [2.24, 2.45) is 0 Å². The summed E-state index contributed by atoms with van der Waals surface area (Å²) in [6.07, 6.45) is 8.50. The number of amides is 1. The van der Waals surface area contributed by atoms with Crippen molar-refractivity contribution in [3.05, 3.63) is 52.9 Å². The summed E-state index contributed by atoms with van der Waals surface area (Å²) in [7, 11) is 0. The van der Waals surface area contributed by atoms with E-state index in [2.05, 4.69) is 24.4 Å². The van der Waals surface area contributed by atoms with Crippen molar-refractivity contribution in [2.45, 2.75) is 57.9 Å². The molecule has 1 aromatic carbocycles. The predicted molar refractivity (Wildman–Crippen MR) is 113 cm³/mol. The van der Waals surface area contributed by atoms with Gasteiger partial charge in [-0.2, -0.15) is 0 Å². The first kappa shape index (κ1) is 18.2. The Hall–Kier alpha value is -2.20. The molecular formula is C23H26N2OS. The van der Waals surface area contributed by atoms with Gasteiger partial charge in [-0.25, -0.2) is 4.98 Å². The first-order chi connectivity index (χ1) is 13.2. The van der Waals surface area contributed by atoms with Gasteiger partial charge in [0.15, 0.2) is 0 Å². The summed E-state index contributed by atoms with van der Waals surface area (Å²) in [5.74, 6) is 0.0358. The Kier molecular flexibility index (Phi) is 5.53. The maximum atomic E-state index is 13.2. The van der Waals surface area contributed by atoms with Gasteiger partial charge in [0.2, 0.25) is 0 Å². The number of thiophene rings is 1. The molecule has 1 fully saturated rings. The van der Waals surface area contributed by atoms with Crippen LogP contribution in [0.5, 0.6) is 0 Å². The van der Waals surface area contributed by atoms with E-state index in [9.17, 15) is 4.79 Å². The van der Waals surface area contributed by atoms with Crippen LogP contribution in [-0.2, 0) is 0 Å². The zero-order valence-corrected chi connectivity index (χ0v) is 16.6. The number of aromatic nitrogens is 1. The summed E-state index contributed by atoms with van der Waals surface area (Å²) in [5, 5.41) is 4.24. The SMILES string of the molecule is Cc1ccc(-c2cc(C(=O)NC3CCCCCCC3)c3ccccc3n2)s1. The van der Waals surface area contributed by atoms with Crippen molar-refractivity contribution in [1.29, 1.82) is 0 Å². The molecule has 1 aliphatic carbocycles. The molecule has 0 unspecified atom stereocenters. The third-order valence-electron chi connectivity index (χ3n) is 5.39. The highest BCUT2D eigenvalue weighted by Crippen LogP contribution is 2.30. The fraction of sp³-hybridized carbons (Fsp3) is 0.391. The third-order valence-corrected chi connectivity index (χ3v) is 6.42. The highest BCUT2D eigenvalue weighted by molar-refractivity contribution is 7.15. The molecule has 27 heavy (non-hydrogen) atoms. The Balaban J connectivity index is 1.67. The van der Waals surface area contributed by atoms with Gasteiger partial charge in [-0.3, -0.25) is 4.79 Å². The van der Waals surface area contributed by atoms with Crippen LogP contribution in [-0.4, -0.2) is 16.9 Å². The number of aryl methyl sites for hydroxylation is 1. The number of fused-ring (bicyclic) bond motifs is 1. The van der Waals surface area contributed by atoms with E-state index in [1.165, 1.54) is 37.0 Å². The smallest absolute Gasteiger partial charge is 0.252 e. The number of benzene rings is 1. The van der Waals surface area contributed by atoms with E-state index < -0.39 is 0 Å². The average Bonchev–Trinajstić information content (AvgIpc) is 3.09. The first-order valence-electron chi connectivity index (χ1n) is 9.98. The molecule has 0 aliphatic heterocycles. The third kappa shape index (κ3) is 4.22. The van der Waals surface area contributed by atoms with Crippen LogP contribution in [0.2, 0.25) is 0 Å². The Bertz CT molecular complexity index is 938. The molecule has 4 heteroatoms. The average molecular weight is 379 g/mol. The molecule has 0 bridgehead atoms. The van der Waals surface area contributed by atoms with Gasteiger partial charge in [0.05, 0.1) is 21.7 Å². The van der Waals surface area contributed by atoms with Gasteiger partial charge in [-0.05, 0) is 44.0 Å². The second-order valence-electron chi connectivity index (χ2n) is 7.50. The van der Waals surface area contributed by atoms with Gasteiger partial charge >= 0.3 is 0 Å². The van der Waals surface area contributed by atoms with E-state index in [4.69, 9.17) is 4.98 Å². The Morgan fingerprint density at radius 3 is 2.52 bits per heavy atom. The molecule has 140 valence electrons. The number of hydrogen-bond donors (Lipinski definition) is 1. The van der Waals surface area contributed by atoms with Crippen molar-refractivity contribution < 1.29 is 4.79 Å². The Morgan fingerprint density at radius 1 is 1.04 bits per heavy atom. The highest BCUT2D eigenvalue weighted by Gasteiger charge is 2.18. The standard InChI is InChI=1S/C23H26N2OS/c1-16-13-14-22(27-16)21-15-19(18-11-7-8-12-20(18)25-21)23(26)24-17-9-5-3-2-4-6-10-17/h7-8,11-15,17H,2-6,9-10H2,1H3,(H,24,26). The van der Waals surface area contributed by atoms with Crippen molar-refractivity contribution >= 4 is 28.1 Å². The summed E-state index contributed by atoms with van der Waals surface area (Å²) in [6, 6.07) is 14.4. The van der Waals surface area contributed by atoms with Crippen molar-refractivity contribution in [1.82, 2.24) is 10.3 Å². The van der Waals surface area contributed by atoms with Crippen LogP contribution in [0.1, 0.15) is 60.2 Å². The van der Waals surface area contributed by atoms with Crippen molar-refractivity contribution in [2.75, 3.05) is 0 Å². The summed E-state index contributed by atoms with van der Waals surface area (Å²) in [6.45, 7) is 2.09. The second kappa shape index (κ2) is 8.22. The molecule has 1 amide bonds. The predicted octanol–water partition coefficient (Wildman–Crippen LogP) is 6.11. The van der Waals surface area contributed by atoms with Gasteiger partial charge in [0, 0.05) is 16.3 Å². The molecule has 1 saturated carbocycles. The maximum absolute atomic E-state index is 13.2. The van der Waals surface area contributed by atoms with E-state index in [1.807, 2.05) is 30.3 Å². The molecule has 2 heterocycles. The van der Waals surface area contributed by atoms with Gasteiger partial charge in [-0.15, -0.1) is 11.3 Å². The number of carbonyl (C=O) groups is 1. The van der Waals surface area contributed by atoms with Gasteiger partial charge in [0.25, 0.3) is 5.91 Å². The van der Waals surface area contributed by atoms with Gasteiger partial charge < -0.3 is 5.32 Å². The molecule has 3 aromatic rings. The van der Waals surface area contributed by atoms with E-state index in [0.29, 0.717) is 0 Å². The van der Waals surface area contributed by atoms with Crippen LogP contribution in [0.25, 0.3) is 21.5 Å². The van der Waals surface area contributed by atoms with Crippen LogP contribution in [0.3, 0.4) is 0 Å². The number of nitrogens with one attached hydrogen (secondary N) is 1. The number of pyridine rings is 1. The van der Waals surface area contributed by atoms with Gasteiger partial charge in [-0.1, -0.05) is 50.3 Å². The number of carbonyl (C=O) groups excluding carboxylic acids is 1. The summed E-state index contributed by atoms with van der Waals surface area (Å²) in [4.78, 5) is 20.3. The highest BCUT2D eigenvalue weighted by atomic mass is 32.1. The number of rotatable bonds is 3. The molecular weight excluding hydrogens is 352 g/mol. The Morgan fingerprint density at radius 2 is 1.78 bits per heavy atom. The number of para-hydroxylation sites is 1. The van der Waals surface area contributed by atoms with Crippen LogP contribution in [0.4, 0.5) is 0 Å². The normalized spacial score (nSPS) is 16.0. The minimum Gasteiger partial charge on any atom is -0.349 e. The van der Waals surface area contributed by atoms with Crippen molar-refractivity contribution in [3.8, 4) is 10.6 Å². The summed E-state index contributed by atoms with van der Waals surface area (Å²) < 4.78 is 0. The molecule has 4 rings (SSSR count). The molecule has 1 aliphatic rings. The Labute approximate surface area is 164 Å². The van der Waals surface area contributed by atoms with Crippen molar-refractivity contribution in [3.63, 3.8) is 0 Å². The topological polar surface area (TPSA) is 42.0 Å². The van der Waals surface area contributed by atoms with E-state index in [0.717, 1.165) is 39.9 Å². The van der Waals surface area contributed by atoms with Crippen LogP contribution >= 0.6 is 11.3 Å². The molecule has 3 nitrogen and oxygen atoms in total. The summed E-state index contributed by atoms with van der Waals surface area (Å²) in [5.41, 5.74) is 2.50. The molecule has 0 radical (unpaired) electrons. The van der Waals surface area contributed by atoms with Gasteiger partial charge in [0.1, 0.15) is 0 Å². The van der Waals surface area contributed by atoms with Crippen LogP contribution in [0, 0.1) is 6.92 Å². The van der Waals surface area contributed by atoms with Crippen LogP contribution in [0.15, 0.2) is 42.5 Å². The molecule has 0 saturated heterocycles. The lowest BCUT2D eigenvalue weighted by atomic mass is 9.96. The lowest BCUT2D eigenvalue weighted by Gasteiger charge is -2.21. The minimum atomic E-state index is 0.0358. The monoisotopic (exact) mass is 378 g/mol. The zero-order chi connectivity index (χ0) is 18.6. The lowest BCUT2D eigenvalue weighted by molar-refractivity contribution is 0.0932. The lowest BCUT2D eigenvalue weighted by Crippen LogP contribution is -2.35. The fourth-order valence-corrected chi connectivity index (χ4v) is 4.75. The van der Waals surface area contributed by atoms with Crippen LogP contribution < -0.4 is 5.32 Å². The van der Waals surface area contributed by atoms with E-state index in [1.54, 1.807) is 11.3 Å². The zero-order valence-electron chi connectivity index (χ0n) is 15.8. The second-order valence-corrected chi connectivity index (χ2v) is 8.79. The minimum absolute atomic E-state index is 0.0358. The first-order valence-corrected chi connectivity index (χ1v) is 10.8. The maximum Gasteiger partial charge on any atom is 0.252 e. The van der Waals surface area contributed by atoms with E-state index in [-0.39, 0.29) is 11.9 Å². The number of hydrogen-bond acceptors (Lipinski definition) is 3. The molecule has 2 aromatic heterocycles. The molecule has 0 atom stereocenters. The largest absolute Gasteiger partial charge is 0.349 e.